The Labute approximate surface area is 149 Å². The second kappa shape index (κ2) is 5.07. The van der Waals surface area contributed by atoms with Crippen LogP contribution < -0.4 is 10.5 Å². The topological polar surface area (TPSA) is 95.0 Å². The van der Waals surface area contributed by atoms with Crippen LogP contribution in [0.2, 0.25) is 0 Å². The lowest BCUT2D eigenvalue weighted by Crippen LogP contribution is -2.44. The molecule has 0 unspecified atom stereocenters. The van der Waals surface area contributed by atoms with E-state index in [1.165, 1.54) is 0 Å². The molecule has 8 heteroatoms. The molecule has 0 aliphatic carbocycles. The zero-order valence-corrected chi connectivity index (χ0v) is 14.6. The van der Waals surface area contributed by atoms with Crippen LogP contribution in [0.25, 0.3) is 16.6 Å². The van der Waals surface area contributed by atoms with Gasteiger partial charge in [0.25, 0.3) is 5.91 Å². The fourth-order valence-corrected chi connectivity index (χ4v) is 4.10. The molecule has 2 saturated heterocycles. The molecule has 4 heterocycles. The molecule has 2 fully saturated rings. The molecule has 1 amide bonds. The molecule has 1 aromatic carbocycles. The maximum atomic E-state index is 13.0. The van der Waals surface area contributed by atoms with E-state index in [1.807, 2.05) is 30.0 Å². The summed E-state index contributed by atoms with van der Waals surface area (Å²) in [5.41, 5.74) is 7.46. The number of benzene rings is 1. The summed E-state index contributed by atoms with van der Waals surface area (Å²) in [4.78, 5) is 23.9. The molecule has 2 aliphatic rings. The Balaban J connectivity index is 1.63. The number of amides is 1. The van der Waals surface area contributed by atoms with E-state index in [-0.39, 0.29) is 23.5 Å². The van der Waals surface area contributed by atoms with Crippen molar-refractivity contribution < 1.29 is 14.3 Å². The first kappa shape index (κ1) is 15.4. The van der Waals surface area contributed by atoms with Crippen LogP contribution in [0.4, 0.5) is 5.95 Å². The minimum absolute atomic E-state index is 0.0961. The number of nitrogens with two attached hydrogens (primary N) is 1. The number of aromatic nitrogens is 3. The van der Waals surface area contributed by atoms with E-state index in [0.717, 1.165) is 11.8 Å². The molecule has 0 radical (unpaired) electrons. The van der Waals surface area contributed by atoms with Gasteiger partial charge in [0.2, 0.25) is 5.95 Å². The lowest BCUT2D eigenvalue weighted by molar-refractivity contribution is -0.0269. The van der Waals surface area contributed by atoms with E-state index in [0.29, 0.717) is 35.8 Å². The maximum absolute atomic E-state index is 13.0. The van der Waals surface area contributed by atoms with Crippen molar-refractivity contribution in [2.75, 3.05) is 26.0 Å². The minimum Gasteiger partial charge on any atom is -0.494 e. The summed E-state index contributed by atoms with van der Waals surface area (Å²) < 4.78 is 12.8. The third-order valence-electron chi connectivity index (χ3n) is 5.36. The molecule has 0 saturated carbocycles. The number of carbonyl (C=O) groups is 1. The molecule has 2 aromatic heterocycles. The van der Waals surface area contributed by atoms with Gasteiger partial charge in [-0.1, -0.05) is 6.07 Å². The maximum Gasteiger partial charge on any atom is 0.274 e. The van der Waals surface area contributed by atoms with Crippen LogP contribution in [0.1, 0.15) is 23.8 Å². The van der Waals surface area contributed by atoms with Crippen molar-refractivity contribution in [3.63, 3.8) is 0 Å². The SMILES string of the molecule is COc1cccc2c1nc(N)n1cc(C(=O)N3C[C@]4(C)C[C@H]3CO4)nc21. The molecular formula is C18H19N5O3. The average Bonchev–Trinajstić information content (AvgIpc) is 3.32. The quantitative estimate of drug-likeness (QED) is 0.750. The van der Waals surface area contributed by atoms with Gasteiger partial charge < -0.3 is 20.1 Å². The molecule has 26 heavy (non-hydrogen) atoms. The van der Waals surface area contributed by atoms with Crippen LogP contribution in [0, 0.1) is 0 Å². The Hall–Kier alpha value is -2.87. The summed E-state index contributed by atoms with van der Waals surface area (Å²) in [6.07, 6.45) is 2.53. The minimum atomic E-state index is -0.236. The molecule has 5 rings (SSSR count). The number of morpholine rings is 1. The number of fused-ring (bicyclic) bond motifs is 5. The molecule has 2 atom stereocenters. The van der Waals surface area contributed by atoms with Gasteiger partial charge in [0, 0.05) is 18.0 Å². The first-order valence-electron chi connectivity index (χ1n) is 8.55. The highest BCUT2D eigenvalue weighted by molar-refractivity contribution is 5.99. The Morgan fingerprint density at radius 1 is 1.42 bits per heavy atom. The molecule has 2 aliphatic heterocycles. The molecule has 3 aromatic rings. The van der Waals surface area contributed by atoms with Crippen LogP contribution in [0.15, 0.2) is 24.4 Å². The van der Waals surface area contributed by atoms with E-state index in [1.54, 1.807) is 17.7 Å². The third kappa shape index (κ3) is 2.02. The largest absolute Gasteiger partial charge is 0.494 e. The summed E-state index contributed by atoms with van der Waals surface area (Å²) in [7, 11) is 1.59. The van der Waals surface area contributed by atoms with Crippen LogP contribution in [-0.2, 0) is 4.74 Å². The van der Waals surface area contributed by atoms with Crippen molar-refractivity contribution in [3.05, 3.63) is 30.1 Å². The van der Waals surface area contributed by atoms with Crippen molar-refractivity contribution >= 4 is 28.4 Å². The molecular weight excluding hydrogens is 334 g/mol. The van der Waals surface area contributed by atoms with Crippen molar-refractivity contribution in [3.8, 4) is 5.75 Å². The van der Waals surface area contributed by atoms with Gasteiger partial charge in [-0.05, 0) is 19.1 Å². The fraction of sp³-hybridized carbons (Fsp3) is 0.389. The Bertz CT molecular complexity index is 1060. The number of anilines is 1. The van der Waals surface area contributed by atoms with Gasteiger partial charge in [0.05, 0.1) is 31.9 Å². The Morgan fingerprint density at radius 3 is 2.96 bits per heavy atom. The first-order valence-corrected chi connectivity index (χ1v) is 8.55. The number of rotatable bonds is 2. The van der Waals surface area contributed by atoms with E-state index in [2.05, 4.69) is 9.97 Å². The second-order valence-electron chi connectivity index (χ2n) is 7.20. The smallest absolute Gasteiger partial charge is 0.274 e. The monoisotopic (exact) mass is 353 g/mol. The zero-order valence-electron chi connectivity index (χ0n) is 14.6. The molecule has 134 valence electrons. The number of imidazole rings is 1. The van der Waals surface area contributed by atoms with Gasteiger partial charge in [-0.15, -0.1) is 0 Å². The highest BCUT2D eigenvalue weighted by Crippen LogP contribution is 2.38. The van der Waals surface area contributed by atoms with Gasteiger partial charge in [0.15, 0.2) is 0 Å². The normalized spacial score (nSPS) is 24.7. The van der Waals surface area contributed by atoms with E-state index in [4.69, 9.17) is 15.2 Å². The highest BCUT2D eigenvalue weighted by Gasteiger charge is 2.50. The number of ether oxygens (including phenoxy) is 2. The number of methoxy groups -OCH3 is 1. The number of nitrogen functional groups attached to an aromatic ring is 1. The molecule has 8 nitrogen and oxygen atoms in total. The summed E-state index contributed by atoms with van der Waals surface area (Å²) in [6.45, 7) is 3.22. The Kier molecular flexibility index (Phi) is 3.00. The molecule has 0 spiro atoms. The van der Waals surface area contributed by atoms with Gasteiger partial charge in [0.1, 0.15) is 22.6 Å². The van der Waals surface area contributed by atoms with E-state index >= 15 is 0 Å². The summed E-state index contributed by atoms with van der Waals surface area (Å²) in [5, 5.41) is 0.788. The lowest BCUT2D eigenvalue weighted by Gasteiger charge is -2.30. The first-order chi connectivity index (χ1) is 12.5. The second-order valence-corrected chi connectivity index (χ2v) is 7.20. The third-order valence-corrected chi connectivity index (χ3v) is 5.36. The number of carbonyl (C=O) groups excluding carboxylic acids is 1. The number of hydrogen-bond donors (Lipinski definition) is 1. The van der Waals surface area contributed by atoms with Gasteiger partial charge in [-0.25, -0.2) is 9.97 Å². The molecule has 2 bridgehead atoms. The van der Waals surface area contributed by atoms with Gasteiger partial charge in [-0.3, -0.25) is 9.20 Å². The van der Waals surface area contributed by atoms with Crippen LogP contribution in [0.5, 0.6) is 5.75 Å². The fourth-order valence-electron chi connectivity index (χ4n) is 4.10. The predicted molar refractivity (Wildman–Crippen MR) is 95.3 cm³/mol. The van der Waals surface area contributed by atoms with Crippen LogP contribution >= 0.6 is 0 Å². The number of hydrogen-bond acceptors (Lipinski definition) is 6. The summed E-state index contributed by atoms with van der Waals surface area (Å²) >= 11 is 0. The lowest BCUT2D eigenvalue weighted by atomic mass is 10.1. The highest BCUT2D eigenvalue weighted by atomic mass is 16.5. The van der Waals surface area contributed by atoms with Crippen LogP contribution in [-0.4, -0.2) is 57.1 Å². The average molecular weight is 353 g/mol. The van der Waals surface area contributed by atoms with Gasteiger partial charge in [-0.2, -0.15) is 0 Å². The zero-order chi connectivity index (χ0) is 18.1. The van der Waals surface area contributed by atoms with E-state index < -0.39 is 0 Å². The van der Waals surface area contributed by atoms with Crippen LogP contribution in [0.3, 0.4) is 0 Å². The molecule has 2 N–H and O–H groups in total. The van der Waals surface area contributed by atoms with Crippen molar-refractivity contribution in [1.82, 2.24) is 19.3 Å². The summed E-state index contributed by atoms with van der Waals surface area (Å²) in [6, 6.07) is 5.70. The van der Waals surface area contributed by atoms with E-state index in [9.17, 15) is 4.79 Å². The van der Waals surface area contributed by atoms with Gasteiger partial charge >= 0.3 is 0 Å². The van der Waals surface area contributed by atoms with Crippen molar-refractivity contribution in [2.24, 2.45) is 0 Å². The van der Waals surface area contributed by atoms with Crippen molar-refractivity contribution in [2.45, 2.75) is 25.0 Å². The Morgan fingerprint density at radius 2 is 2.27 bits per heavy atom. The van der Waals surface area contributed by atoms with Crippen molar-refractivity contribution in [1.29, 1.82) is 0 Å². The number of likely N-dealkylation sites (tertiary alicyclic amines) is 1. The number of para-hydroxylation sites is 1. The predicted octanol–water partition coefficient (Wildman–Crippen LogP) is 1.48. The summed E-state index contributed by atoms with van der Waals surface area (Å²) in [5.74, 6) is 0.789. The number of nitrogens with zero attached hydrogens (tertiary/aromatic N) is 4. The standard InChI is InChI=1S/C18H19N5O3/c1-18-6-10(8-26-18)23(9-18)16(24)12-7-22-15(20-12)11-4-3-5-13(25-2)14(11)21-17(22)19/h3-5,7,10H,6,8-9H2,1-2H3,(H2,19,21)/t10-,18-/m0/s1.